The summed E-state index contributed by atoms with van der Waals surface area (Å²) >= 11 is 0. The van der Waals surface area contributed by atoms with Gasteiger partial charge in [0.2, 0.25) is 0 Å². The topological polar surface area (TPSA) is 35.2 Å². The molecule has 0 radical (unpaired) electrons. The van der Waals surface area contributed by atoms with E-state index in [0.717, 1.165) is 23.5 Å². The molecule has 0 aromatic heterocycles. The molecule has 108 valence electrons. The maximum atomic E-state index is 13.4. The third-order valence-corrected chi connectivity index (χ3v) is 4.47. The third kappa shape index (κ3) is 2.42. The predicted octanol–water partition coefficient (Wildman–Crippen LogP) is 4.23. The van der Waals surface area contributed by atoms with Crippen LogP contribution in [0.15, 0.2) is 42.5 Å². The van der Waals surface area contributed by atoms with Crippen molar-refractivity contribution >= 4 is 0 Å². The van der Waals surface area contributed by atoms with Gasteiger partial charge in [-0.25, -0.2) is 4.39 Å². The van der Waals surface area contributed by atoms with Gasteiger partial charge < -0.3 is 10.5 Å². The average molecular weight is 283 g/mol. The molecule has 2 atom stereocenters. The molecular formula is C18H18FNO. The highest BCUT2D eigenvalue weighted by Crippen LogP contribution is 2.42. The van der Waals surface area contributed by atoms with E-state index in [1.807, 2.05) is 0 Å². The van der Waals surface area contributed by atoms with Crippen LogP contribution in [-0.2, 0) is 0 Å². The Morgan fingerprint density at radius 2 is 1.71 bits per heavy atom. The lowest BCUT2D eigenvalue weighted by Crippen LogP contribution is -2.24. The zero-order valence-corrected chi connectivity index (χ0v) is 11.8. The Kier molecular flexibility index (Phi) is 2.96. The minimum absolute atomic E-state index is 0.0949. The number of fused-ring (bicyclic) bond motifs is 1. The number of halogens is 1. The van der Waals surface area contributed by atoms with Crippen LogP contribution in [0.1, 0.15) is 54.0 Å². The van der Waals surface area contributed by atoms with E-state index in [9.17, 15) is 4.39 Å². The number of rotatable bonds is 2. The first-order valence-electron chi connectivity index (χ1n) is 7.52. The van der Waals surface area contributed by atoms with Gasteiger partial charge in [-0.05, 0) is 36.0 Å². The second-order valence-electron chi connectivity index (χ2n) is 6.07. The second kappa shape index (κ2) is 4.85. The van der Waals surface area contributed by atoms with Gasteiger partial charge in [-0.1, -0.05) is 30.3 Å². The van der Waals surface area contributed by atoms with Gasteiger partial charge in [0.05, 0.1) is 0 Å². The fourth-order valence-electron chi connectivity index (χ4n) is 3.08. The van der Waals surface area contributed by atoms with E-state index in [-0.39, 0.29) is 18.0 Å². The zero-order chi connectivity index (χ0) is 14.4. The SMILES string of the molecule is N[C@@H]1CC(c2ccc(C3CC3)cc2)Oc2cc(F)ccc21. The van der Waals surface area contributed by atoms with Gasteiger partial charge >= 0.3 is 0 Å². The fraction of sp³-hybridized carbons (Fsp3) is 0.333. The minimum Gasteiger partial charge on any atom is -0.485 e. The van der Waals surface area contributed by atoms with Crippen molar-refractivity contribution in [3.8, 4) is 5.75 Å². The van der Waals surface area contributed by atoms with Crippen molar-refractivity contribution in [2.75, 3.05) is 0 Å². The Labute approximate surface area is 123 Å². The molecule has 2 N–H and O–H groups in total. The first-order valence-corrected chi connectivity index (χ1v) is 7.52. The molecule has 0 amide bonds. The minimum atomic E-state index is -0.286. The van der Waals surface area contributed by atoms with E-state index < -0.39 is 0 Å². The maximum Gasteiger partial charge on any atom is 0.127 e. The number of hydrogen-bond donors (Lipinski definition) is 1. The lowest BCUT2D eigenvalue weighted by Gasteiger charge is -2.30. The monoisotopic (exact) mass is 283 g/mol. The number of benzene rings is 2. The van der Waals surface area contributed by atoms with Crippen LogP contribution in [0.2, 0.25) is 0 Å². The molecule has 2 nitrogen and oxygen atoms in total. The van der Waals surface area contributed by atoms with Gasteiger partial charge in [0, 0.05) is 24.1 Å². The molecule has 1 heterocycles. The highest BCUT2D eigenvalue weighted by atomic mass is 19.1. The highest BCUT2D eigenvalue weighted by molar-refractivity contribution is 5.40. The van der Waals surface area contributed by atoms with Crippen molar-refractivity contribution in [1.29, 1.82) is 0 Å². The van der Waals surface area contributed by atoms with Gasteiger partial charge in [-0.2, -0.15) is 0 Å². The summed E-state index contributed by atoms with van der Waals surface area (Å²) in [6.45, 7) is 0. The summed E-state index contributed by atoms with van der Waals surface area (Å²) in [5.41, 5.74) is 9.62. The molecule has 2 aromatic rings. The zero-order valence-electron chi connectivity index (χ0n) is 11.8. The molecule has 21 heavy (non-hydrogen) atoms. The lowest BCUT2D eigenvalue weighted by molar-refractivity contribution is 0.160. The summed E-state index contributed by atoms with van der Waals surface area (Å²) in [6, 6.07) is 13.1. The number of ether oxygens (including phenoxy) is 1. The number of nitrogens with two attached hydrogens (primary N) is 1. The summed E-state index contributed by atoms with van der Waals surface area (Å²) < 4.78 is 19.3. The van der Waals surface area contributed by atoms with Gasteiger partial charge in [0.1, 0.15) is 17.7 Å². The van der Waals surface area contributed by atoms with Crippen LogP contribution < -0.4 is 10.5 Å². The molecule has 0 saturated heterocycles. The third-order valence-electron chi connectivity index (χ3n) is 4.47. The summed E-state index contributed by atoms with van der Waals surface area (Å²) in [7, 11) is 0. The molecule has 0 spiro atoms. The van der Waals surface area contributed by atoms with Gasteiger partial charge in [-0.15, -0.1) is 0 Å². The smallest absolute Gasteiger partial charge is 0.127 e. The van der Waals surface area contributed by atoms with Crippen LogP contribution in [-0.4, -0.2) is 0 Å². The van der Waals surface area contributed by atoms with Crippen molar-refractivity contribution in [3.05, 3.63) is 65.0 Å². The quantitative estimate of drug-likeness (QED) is 0.895. The highest BCUT2D eigenvalue weighted by Gasteiger charge is 2.28. The molecule has 0 bridgehead atoms. The van der Waals surface area contributed by atoms with Crippen molar-refractivity contribution in [1.82, 2.24) is 0 Å². The average Bonchev–Trinajstić information content (AvgIpc) is 3.31. The molecule has 2 aliphatic rings. The van der Waals surface area contributed by atoms with Crippen LogP contribution in [0.5, 0.6) is 5.75 Å². The van der Waals surface area contributed by atoms with Crippen molar-refractivity contribution in [2.45, 2.75) is 37.3 Å². The Hall–Kier alpha value is -1.87. The summed E-state index contributed by atoms with van der Waals surface area (Å²) in [5, 5.41) is 0. The summed E-state index contributed by atoms with van der Waals surface area (Å²) in [6.07, 6.45) is 3.23. The molecule has 1 aliphatic heterocycles. The first-order chi connectivity index (χ1) is 10.2. The molecule has 1 aliphatic carbocycles. The van der Waals surface area contributed by atoms with Crippen molar-refractivity contribution in [2.24, 2.45) is 5.73 Å². The van der Waals surface area contributed by atoms with E-state index in [0.29, 0.717) is 5.75 Å². The fourth-order valence-corrected chi connectivity index (χ4v) is 3.08. The molecule has 1 saturated carbocycles. The standard InChI is InChI=1S/C18H18FNO/c19-14-7-8-15-16(20)10-17(21-18(15)9-14)13-5-3-12(4-6-13)11-1-2-11/h3-9,11,16-17H,1-2,10,20H2/t16-,17?/m1/s1. The van der Waals surface area contributed by atoms with Gasteiger partial charge in [0.15, 0.2) is 0 Å². The molecule has 4 rings (SSSR count). The van der Waals surface area contributed by atoms with Crippen LogP contribution in [0.25, 0.3) is 0 Å². The van der Waals surface area contributed by atoms with Crippen LogP contribution in [0.4, 0.5) is 4.39 Å². The van der Waals surface area contributed by atoms with Crippen molar-refractivity contribution in [3.63, 3.8) is 0 Å². The van der Waals surface area contributed by atoms with E-state index in [1.54, 1.807) is 6.07 Å². The Morgan fingerprint density at radius 1 is 1.00 bits per heavy atom. The van der Waals surface area contributed by atoms with Crippen LogP contribution >= 0.6 is 0 Å². The largest absolute Gasteiger partial charge is 0.485 e. The Balaban J connectivity index is 1.61. The van der Waals surface area contributed by atoms with Crippen LogP contribution in [0, 0.1) is 5.82 Å². The first kappa shape index (κ1) is 12.8. The Morgan fingerprint density at radius 3 is 2.43 bits per heavy atom. The van der Waals surface area contributed by atoms with E-state index in [4.69, 9.17) is 10.5 Å². The summed E-state index contributed by atoms with van der Waals surface area (Å²) in [4.78, 5) is 0. The van der Waals surface area contributed by atoms with Gasteiger partial charge in [0.25, 0.3) is 0 Å². The molecule has 3 heteroatoms. The van der Waals surface area contributed by atoms with E-state index >= 15 is 0 Å². The van der Waals surface area contributed by atoms with Crippen LogP contribution in [0.3, 0.4) is 0 Å². The Bertz CT molecular complexity index is 663. The molecule has 2 aromatic carbocycles. The van der Waals surface area contributed by atoms with E-state index in [1.165, 1.54) is 30.5 Å². The van der Waals surface area contributed by atoms with E-state index in [2.05, 4.69) is 24.3 Å². The van der Waals surface area contributed by atoms with Crippen molar-refractivity contribution < 1.29 is 9.13 Å². The molecular weight excluding hydrogens is 265 g/mol. The molecule has 1 unspecified atom stereocenters. The lowest BCUT2D eigenvalue weighted by atomic mass is 9.93. The summed E-state index contributed by atoms with van der Waals surface area (Å²) in [5.74, 6) is 1.04. The molecule has 1 fully saturated rings. The second-order valence-corrected chi connectivity index (χ2v) is 6.07. The maximum absolute atomic E-state index is 13.4. The van der Waals surface area contributed by atoms with Gasteiger partial charge in [-0.3, -0.25) is 0 Å². The normalized spacial score (nSPS) is 24.3. The predicted molar refractivity (Wildman–Crippen MR) is 79.7 cm³/mol. The number of hydrogen-bond acceptors (Lipinski definition) is 2.